The number of benzene rings is 2. The second-order valence-corrected chi connectivity index (χ2v) is 6.63. The van der Waals surface area contributed by atoms with E-state index in [0.29, 0.717) is 13.0 Å². The van der Waals surface area contributed by atoms with Crippen molar-refractivity contribution in [1.29, 1.82) is 0 Å². The van der Waals surface area contributed by atoms with Gasteiger partial charge in [-0.1, -0.05) is 25.1 Å². The van der Waals surface area contributed by atoms with Gasteiger partial charge in [-0.05, 0) is 36.8 Å². The molecule has 0 heterocycles. The third-order valence-corrected chi connectivity index (χ3v) is 4.53. The Labute approximate surface area is 134 Å². The first-order valence-corrected chi connectivity index (χ1v) is 8.58. The number of para-hydroxylation sites is 1. The lowest BCUT2D eigenvalue weighted by Gasteiger charge is -2.09. The minimum atomic E-state index is -3.66. The van der Waals surface area contributed by atoms with Gasteiger partial charge in [-0.3, -0.25) is 4.79 Å². The van der Waals surface area contributed by atoms with E-state index in [1.54, 1.807) is 6.07 Å². The van der Waals surface area contributed by atoms with Crippen LogP contribution in [0.3, 0.4) is 0 Å². The van der Waals surface area contributed by atoms with E-state index in [4.69, 9.17) is 0 Å². The van der Waals surface area contributed by atoms with E-state index in [9.17, 15) is 17.6 Å². The van der Waals surface area contributed by atoms with Crippen LogP contribution in [0, 0.1) is 5.82 Å². The van der Waals surface area contributed by atoms with E-state index in [1.165, 1.54) is 42.5 Å². The Hall–Kier alpha value is -2.25. The zero-order chi connectivity index (χ0) is 16.9. The number of amides is 1. The minimum absolute atomic E-state index is 0.00728. The summed E-state index contributed by atoms with van der Waals surface area (Å²) in [4.78, 5) is 12.2. The predicted octanol–water partition coefficient (Wildman–Crippen LogP) is 2.77. The molecule has 0 aliphatic heterocycles. The largest absolute Gasteiger partial charge is 0.319 e. The van der Waals surface area contributed by atoms with Crippen LogP contribution in [0.15, 0.2) is 53.4 Å². The summed E-state index contributed by atoms with van der Waals surface area (Å²) < 4.78 is 40.1. The Morgan fingerprint density at radius 2 is 1.87 bits per heavy atom. The summed E-state index contributed by atoms with van der Waals surface area (Å²) in [6, 6.07) is 11.4. The molecule has 2 N–H and O–H groups in total. The van der Waals surface area contributed by atoms with E-state index in [0.717, 1.165) is 0 Å². The summed E-state index contributed by atoms with van der Waals surface area (Å²) in [7, 11) is -3.66. The van der Waals surface area contributed by atoms with Gasteiger partial charge in [0, 0.05) is 12.1 Å². The summed E-state index contributed by atoms with van der Waals surface area (Å²) in [5.41, 5.74) is 0.169. The molecule has 0 aromatic heterocycles. The van der Waals surface area contributed by atoms with E-state index in [2.05, 4.69) is 10.0 Å². The summed E-state index contributed by atoms with van der Waals surface area (Å²) in [6.07, 6.45) is 0.659. The number of hydrogen-bond acceptors (Lipinski definition) is 3. The highest BCUT2D eigenvalue weighted by molar-refractivity contribution is 7.89. The monoisotopic (exact) mass is 336 g/mol. The summed E-state index contributed by atoms with van der Waals surface area (Å²) >= 11 is 0. The van der Waals surface area contributed by atoms with Gasteiger partial charge >= 0.3 is 0 Å². The van der Waals surface area contributed by atoms with Gasteiger partial charge in [0.05, 0.1) is 10.6 Å². The van der Waals surface area contributed by atoms with E-state index < -0.39 is 21.7 Å². The molecule has 2 aromatic carbocycles. The first kappa shape index (κ1) is 17.1. The summed E-state index contributed by atoms with van der Waals surface area (Å²) in [6.45, 7) is 2.16. The fraction of sp³-hybridized carbons (Fsp3) is 0.188. The smallest absolute Gasteiger partial charge is 0.255 e. The normalized spacial score (nSPS) is 11.2. The summed E-state index contributed by atoms with van der Waals surface area (Å²) in [5.74, 6) is -1.14. The van der Waals surface area contributed by atoms with Crippen molar-refractivity contribution < 1.29 is 17.6 Å². The first-order valence-electron chi connectivity index (χ1n) is 7.09. The van der Waals surface area contributed by atoms with Gasteiger partial charge in [0.25, 0.3) is 5.91 Å². The van der Waals surface area contributed by atoms with E-state index >= 15 is 0 Å². The third-order valence-electron chi connectivity index (χ3n) is 3.07. The van der Waals surface area contributed by atoms with Crippen molar-refractivity contribution in [1.82, 2.24) is 4.72 Å². The molecule has 0 aliphatic rings. The fourth-order valence-electron chi connectivity index (χ4n) is 1.88. The quantitative estimate of drug-likeness (QED) is 0.852. The van der Waals surface area contributed by atoms with Crippen LogP contribution in [0.2, 0.25) is 0 Å². The van der Waals surface area contributed by atoms with Crippen LogP contribution in [0.5, 0.6) is 0 Å². The van der Waals surface area contributed by atoms with Gasteiger partial charge in [0.15, 0.2) is 0 Å². The van der Waals surface area contributed by atoms with Crippen LogP contribution >= 0.6 is 0 Å². The van der Waals surface area contributed by atoms with Crippen LogP contribution < -0.4 is 10.0 Å². The number of sulfonamides is 1. The predicted molar refractivity (Wildman–Crippen MR) is 86.3 cm³/mol. The van der Waals surface area contributed by atoms with Crippen molar-refractivity contribution in [2.24, 2.45) is 0 Å². The van der Waals surface area contributed by atoms with E-state index in [-0.39, 0.29) is 16.1 Å². The Kier molecular flexibility index (Phi) is 5.46. The average molecular weight is 336 g/mol. The van der Waals surface area contributed by atoms with E-state index in [1.807, 2.05) is 6.92 Å². The lowest BCUT2D eigenvalue weighted by Crippen LogP contribution is -2.24. The molecule has 2 rings (SSSR count). The van der Waals surface area contributed by atoms with Crippen LogP contribution in [-0.4, -0.2) is 20.9 Å². The van der Waals surface area contributed by atoms with Crippen LogP contribution in [0.1, 0.15) is 23.7 Å². The maximum atomic E-state index is 13.6. The number of carbonyl (C=O) groups excluding carboxylic acids is 1. The lowest BCUT2D eigenvalue weighted by molar-refractivity contribution is 0.102. The Balaban J connectivity index is 2.23. The maximum absolute atomic E-state index is 13.6. The topological polar surface area (TPSA) is 75.3 Å². The minimum Gasteiger partial charge on any atom is -0.319 e. The van der Waals surface area contributed by atoms with Gasteiger partial charge < -0.3 is 5.32 Å². The molecule has 23 heavy (non-hydrogen) atoms. The Morgan fingerprint density at radius 1 is 1.13 bits per heavy atom. The van der Waals surface area contributed by atoms with Crippen LogP contribution in [0.25, 0.3) is 0 Å². The molecule has 0 unspecified atom stereocenters. The molecule has 7 heteroatoms. The number of rotatable bonds is 6. The maximum Gasteiger partial charge on any atom is 0.255 e. The zero-order valence-corrected chi connectivity index (χ0v) is 13.4. The molecular weight excluding hydrogens is 319 g/mol. The second kappa shape index (κ2) is 7.34. The highest BCUT2D eigenvalue weighted by Crippen LogP contribution is 2.16. The highest BCUT2D eigenvalue weighted by Gasteiger charge is 2.16. The molecular formula is C16H17FN2O3S. The van der Waals surface area contributed by atoms with Crippen molar-refractivity contribution in [2.45, 2.75) is 18.2 Å². The Morgan fingerprint density at radius 3 is 2.57 bits per heavy atom. The molecule has 0 atom stereocenters. The fourth-order valence-corrected chi connectivity index (χ4v) is 3.06. The number of nitrogens with one attached hydrogen (secondary N) is 2. The molecule has 0 saturated heterocycles. The highest BCUT2D eigenvalue weighted by atomic mass is 32.2. The SMILES string of the molecule is CCCNS(=O)(=O)c1cccc(C(=O)Nc2ccccc2F)c1. The number of carbonyl (C=O) groups is 1. The molecule has 0 aliphatic carbocycles. The summed E-state index contributed by atoms with van der Waals surface area (Å²) in [5, 5.41) is 2.42. The molecule has 5 nitrogen and oxygen atoms in total. The molecule has 0 fully saturated rings. The molecule has 0 spiro atoms. The first-order chi connectivity index (χ1) is 10.9. The van der Waals surface area contributed by atoms with Crippen molar-refractivity contribution in [2.75, 3.05) is 11.9 Å². The van der Waals surface area contributed by atoms with Crippen LogP contribution in [-0.2, 0) is 10.0 Å². The molecule has 1 amide bonds. The van der Waals surface area contributed by atoms with Gasteiger partial charge in [-0.2, -0.15) is 0 Å². The second-order valence-electron chi connectivity index (χ2n) is 4.86. The van der Waals surface area contributed by atoms with Crippen molar-refractivity contribution in [3.63, 3.8) is 0 Å². The average Bonchev–Trinajstić information content (AvgIpc) is 2.55. The van der Waals surface area contributed by atoms with Crippen molar-refractivity contribution in [3.8, 4) is 0 Å². The molecule has 2 aromatic rings. The zero-order valence-electron chi connectivity index (χ0n) is 12.5. The van der Waals surface area contributed by atoms with Crippen LogP contribution in [0.4, 0.5) is 10.1 Å². The number of halogens is 1. The lowest BCUT2D eigenvalue weighted by atomic mass is 10.2. The van der Waals surface area contributed by atoms with Crippen molar-refractivity contribution in [3.05, 3.63) is 59.9 Å². The third kappa shape index (κ3) is 4.37. The standard InChI is InChI=1S/C16H17FN2O3S/c1-2-10-18-23(21,22)13-7-5-6-12(11-13)16(20)19-15-9-4-3-8-14(15)17/h3-9,11,18H,2,10H2,1H3,(H,19,20). The van der Waals surface area contributed by atoms with Crippen molar-refractivity contribution >= 4 is 21.6 Å². The number of hydrogen-bond donors (Lipinski definition) is 2. The Bertz CT molecular complexity index is 806. The molecule has 0 radical (unpaired) electrons. The van der Waals surface area contributed by atoms with Gasteiger partial charge in [-0.15, -0.1) is 0 Å². The molecule has 0 saturated carbocycles. The molecule has 0 bridgehead atoms. The van der Waals surface area contributed by atoms with Gasteiger partial charge in [0.1, 0.15) is 5.82 Å². The molecule has 122 valence electrons. The van der Waals surface area contributed by atoms with Gasteiger partial charge in [-0.25, -0.2) is 17.5 Å². The number of anilines is 1. The van der Waals surface area contributed by atoms with Gasteiger partial charge in [0.2, 0.25) is 10.0 Å².